The number of ether oxygens (including phenoxy) is 1. The molecule has 0 unspecified atom stereocenters. The van der Waals surface area contributed by atoms with Gasteiger partial charge < -0.3 is 14.6 Å². The summed E-state index contributed by atoms with van der Waals surface area (Å²) >= 11 is 0. The number of rotatable bonds is 5. The largest absolute Gasteiger partial charge is 0.496 e. The van der Waals surface area contributed by atoms with E-state index < -0.39 is 6.04 Å². The van der Waals surface area contributed by atoms with Crippen LogP contribution < -0.4 is 10.1 Å². The molecule has 0 saturated carbocycles. The lowest BCUT2D eigenvalue weighted by Gasteiger charge is -2.19. The first-order chi connectivity index (χ1) is 13.3. The van der Waals surface area contributed by atoms with E-state index in [2.05, 4.69) is 36.2 Å². The van der Waals surface area contributed by atoms with Crippen molar-refractivity contribution < 1.29 is 14.1 Å². The van der Waals surface area contributed by atoms with Crippen LogP contribution >= 0.6 is 0 Å². The van der Waals surface area contributed by atoms with Crippen LogP contribution in [0.1, 0.15) is 55.5 Å². The first-order valence-corrected chi connectivity index (χ1v) is 9.18. The molecule has 0 radical (unpaired) electrons. The van der Waals surface area contributed by atoms with Gasteiger partial charge in [-0.1, -0.05) is 50.2 Å². The van der Waals surface area contributed by atoms with E-state index in [4.69, 9.17) is 9.26 Å². The maximum atomic E-state index is 12.5. The summed E-state index contributed by atoms with van der Waals surface area (Å²) < 4.78 is 10.7. The average molecular weight is 379 g/mol. The second kappa shape index (κ2) is 7.84. The highest BCUT2D eigenvalue weighted by atomic mass is 16.5. The number of benzene rings is 2. The molecule has 1 N–H and O–H groups in total. The van der Waals surface area contributed by atoms with Crippen molar-refractivity contribution in [3.05, 3.63) is 65.5 Å². The molecule has 1 amide bonds. The molecule has 0 fully saturated rings. The second-order valence-corrected chi connectivity index (χ2v) is 7.68. The quantitative estimate of drug-likeness (QED) is 0.704. The van der Waals surface area contributed by atoms with Gasteiger partial charge in [-0.25, -0.2) is 0 Å². The highest BCUT2D eigenvalue weighted by Gasteiger charge is 2.20. The number of carbonyl (C=O) groups is 1. The van der Waals surface area contributed by atoms with E-state index in [1.807, 2.05) is 48.5 Å². The van der Waals surface area contributed by atoms with Crippen molar-refractivity contribution >= 4 is 5.91 Å². The topological polar surface area (TPSA) is 77.3 Å². The Kier molecular flexibility index (Phi) is 5.49. The fourth-order valence-electron chi connectivity index (χ4n) is 2.81. The lowest BCUT2D eigenvalue weighted by molar-refractivity contribution is 0.0932. The summed E-state index contributed by atoms with van der Waals surface area (Å²) in [5.41, 5.74) is 2.54. The fraction of sp³-hybridized carbons (Fsp3) is 0.318. The zero-order valence-corrected chi connectivity index (χ0v) is 16.8. The van der Waals surface area contributed by atoms with Crippen molar-refractivity contribution in [1.29, 1.82) is 0 Å². The normalized spacial score (nSPS) is 12.5. The van der Waals surface area contributed by atoms with Crippen LogP contribution in [0.25, 0.3) is 11.4 Å². The smallest absolute Gasteiger partial charge is 0.251 e. The van der Waals surface area contributed by atoms with E-state index >= 15 is 0 Å². The van der Waals surface area contributed by atoms with E-state index in [0.29, 0.717) is 23.0 Å². The number of aromatic nitrogens is 2. The first kappa shape index (κ1) is 19.6. The Labute approximate surface area is 164 Å². The third-order valence-corrected chi connectivity index (χ3v) is 4.52. The SMILES string of the molecule is COc1ccccc1-c1noc([C@H](C)NC(=O)c2ccc(C(C)(C)C)cc2)n1. The summed E-state index contributed by atoms with van der Waals surface area (Å²) in [6, 6.07) is 14.6. The fourth-order valence-corrected chi connectivity index (χ4v) is 2.81. The molecule has 3 aromatic rings. The molecule has 1 aromatic heterocycles. The Hall–Kier alpha value is -3.15. The highest BCUT2D eigenvalue weighted by Crippen LogP contribution is 2.28. The summed E-state index contributed by atoms with van der Waals surface area (Å²) in [7, 11) is 1.59. The minimum Gasteiger partial charge on any atom is -0.496 e. The van der Waals surface area contributed by atoms with Crippen molar-refractivity contribution in [1.82, 2.24) is 15.5 Å². The van der Waals surface area contributed by atoms with Crippen LogP contribution in [-0.4, -0.2) is 23.2 Å². The Balaban J connectivity index is 1.72. The minimum atomic E-state index is -0.425. The number of para-hydroxylation sites is 1. The predicted octanol–water partition coefficient (Wildman–Crippen LogP) is 4.53. The Bertz CT molecular complexity index is 956. The molecule has 0 spiro atoms. The molecule has 0 aliphatic heterocycles. The van der Waals surface area contributed by atoms with Gasteiger partial charge in [0.05, 0.1) is 12.7 Å². The lowest BCUT2D eigenvalue weighted by atomic mass is 9.86. The van der Waals surface area contributed by atoms with Gasteiger partial charge in [-0.15, -0.1) is 0 Å². The van der Waals surface area contributed by atoms with Gasteiger partial charge in [0.25, 0.3) is 5.91 Å². The molecule has 1 atom stereocenters. The molecule has 28 heavy (non-hydrogen) atoms. The van der Waals surface area contributed by atoms with Crippen molar-refractivity contribution in [2.24, 2.45) is 0 Å². The summed E-state index contributed by atoms with van der Waals surface area (Å²) in [6.07, 6.45) is 0. The highest BCUT2D eigenvalue weighted by molar-refractivity contribution is 5.94. The Morgan fingerprint density at radius 2 is 1.79 bits per heavy atom. The van der Waals surface area contributed by atoms with Crippen molar-refractivity contribution in [3.8, 4) is 17.1 Å². The second-order valence-electron chi connectivity index (χ2n) is 7.68. The standard InChI is InChI=1S/C22H25N3O3/c1-14(23-20(26)15-10-12-16(13-11-15)22(2,3)4)21-24-19(25-28-21)17-8-6-7-9-18(17)27-5/h6-14H,1-5H3,(H,23,26)/t14-/m0/s1. The van der Waals surface area contributed by atoms with E-state index in [1.54, 1.807) is 14.0 Å². The number of nitrogens with zero attached hydrogens (tertiary/aromatic N) is 2. The van der Waals surface area contributed by atoms with Crippen molar-refractivity contribution in [3.63, 3.8) is 0 Å². The maximum absolute atomic E-state index is 12.5. The van der Waals surface area contributed by atoms with Crippen LogP contribution in [0.5, 0.6) is 5.75 Å². The molecule has 0 saturated heterocycles. The van der Waals surface area contributed by atoms with Gasteiger partial charge in [-0.05, 0) is 42.2 Å². The molecular weight excluding hydrogens is 354 g/mol. The van der Waals surface area contributed by atoms with Crippen LogP contribution in [0, 0.1) is 0 Å². The first-order valence-electron chi connectivity index (χ1n) is 9.18. The van der Waals surface area contributed by atoms with Gasteiger partial charge >= 0.3 is 0 Å². The summed E-state index contributed by atoms with van der Waals surface area (Å²) in [4.78, 5) is 17.0. The van der Waals surface area contributed by atoms with Gasteiger partial charge in [-0.3, -0.25) is 4.79 Å². The third kappa shape index (κ3) is 4.22. The number of hydrogen-bond acceptors (Lipinski definition) is 5. The van der Waals surface area contributed by atoms with Crippen LogP contribution in [0.2, 0.25) is 0 Å². The maximum Gasteiger partial charge on any atom is 0.251 e. The van der Waals surface area contributed by atoms with Crippen LogP contribution in [0.4, 0.5) is 0 Å². The number of hydrogen-bond donors (Lipinski definition) is 1. The zero-order chi connectivity index (χ0) is 20.3. The summed E-state index contributed by atoms with van der Waals surface area (Å²) in [5.74, 6) is 1.22. The third-order valence-electron chi connectivity index (χ3n) is 4.52. The van der Waals surface area contributed by atoms with E-state index in [0.717, 1.165) is 5.56 Å². The van der Waals surface area contributed by atoms with E-state index in [1.165, 1.54) is 5.56 Å². The van der Waals surface area contributed by atoms with Crippen LogP contribution in [0.15, 0.2) is 53.1 Å². The molecule has 3 rings (SSSR count). The molecule has 6 heteroatoms. The average Bonchev–Trinajstić information content (AvgIpc) is 3.17. The van der Waals surface area contributed by atoms with E-state index in [-0.39, 0.29) is 11.3 Å². The molecule has 2 aromatic carbocycles. The molecular formula is C22H25N3O3. The Morgan fingerprint density at radius 1 is 1.11 bits per heavy atom. The molecule has 146 valence electrons. The van der Waals surface area contributed by atoms with Crippen molar-refractivity contribution in [2.45, 2.75) is 39.2 Å². The van der Waals surface area contributed by atoms with Gasteiger partial charge in [0, 0.05) is 5.56 Å². The van der Waals surface area contributed by atoms with Gasteiger partial charge in [-0.2, -0.15) is 4.98 Å². The molecule has 0 aliphatic rings. The Morgan fingerprint density at radius 3 is 2.43 bits per heavy atom. The lowest BCUT2D eigenvalue weighted by Crippen LogP contribution is -2.27. The minimum absolute atomic E-state index is 0.0426. The number of methoxy groups -OCH3 is 1. The van der Waals surface area contributed by atoms with Crippen LogP contribution in [-0.2, 0) is 5.41 Å². The summed E-state index contributed by atoms with van der Waals surface area (Å²) in [5, 5.41) is 6.91. The van der Waals surface area contributed by atoms with Gasteiger partial charge in [0.1, 0.15) is 11.8 Å². The van der Waals surface area contributed by atoms with Crippen LogP contribution in [0.3, 0.4) is 0 Å². The molecule has 1 heterocycles. The zero-order valence-electron chi connectivity index (χ0n) is 16.8. The number of carbonyl (C=O) groups excluding carboxylic acids is 1. The predicted molar refractivity (Wildman–Crippen MR) is 107 cm³/mol. The molecule has 0 bridgehead atoms. The van der Waals surface area contributed by atoms with E-state index in [9.17, 15) is 4.79 Å². The molecule has 6 nitrogen and oxygen atoms in total. The van der Waals surface area contributed by atoms with Gasteiger partial charge in [0.15, 0.2) is 0 Å². The monoisotopic (exact) mass is 379 g/mol. The number of nitrogens with one attached hydrogen (secondary N) is 1. The van der Waals surface area contributed by atoms with Crippen molar-refractivity contribution in [2.75, 3.05) is 7.11 Å². The van der Waals surface area contributed by atoms with Gasteiger partial charge in [0.2, 0.25) is 11.7 Å². The molecule has 0 aliphatic carbocycles. The number of amides is 1. The summed E-state index contributed by atoms with van der Waals surface area (Å²) in [6.45, 7) is 8.22.